The van der Waals surface area contributed by atoms with Gasteiger partial charge in [0.05, 0.1) is 0 Å². The molecule has 1 fully saturated rings. The Labute approximate surface area is 121 Å². The van der Waals surface area contributed by atoms with Gasteiger partial charge in [-0.1, -0.05) is 23.8 Å². The Balaban J connectivity index is 2.25. The molecule has 0 aromatic heterocycles. The first-order valence-corrected chi connectivity index (χ1v) is 7.29. The fourth-order valence-electron chi connectivity index (χ4n) is 3.07. The van der Waals surface area contributed by atoms with E-state index >= 15 is 0 Å². The van der Waals surface area contributed by atoms with Crippen molar-refractivity contribution in [2.45, 2.75) is 32.9 Å². The van der Waals surface area contributed by atoms with Crippen molar-refractivity contribution >= 4 is 5.91 Å². The predicted octanol–water partition coefficient (Wildman–Crippen LogP) is 1.38. The number of carbonyl (C=O) groups excluding carboxylic acids is 1. The zero-order chi connectivity index (χ0) is 14.7. The Morgan fingerprint density at radius 1 is 1.45 bits per heavy atom. The summed E-state index contributed by atoms with van der Waals surface area (Å²) in [5.41, 5.74) is 3.89. The fourth-order valence-corrected chi connectivity index (χ4v) is 3.07. The predicted molar refractivity (Wildman–Crippen MR) is 81.8 cm³/mol. The van der Waals surface area contributed by atoms with Gasteiger partial charge in [-0.05, 0) is 31.9 Å². The molecule has 1 aromatic rings. The summed E-state index contributed by atoms with van der Waals surface area (Å²) >= 11 is 0. The average Bonchev–Trinajstić information content (AvgIpc) is 2.46. The van der Waals surface area contributed by atoms with Gasteiger partial charge < -0.3 is 10.6 Å². The number of carbonyl (C=O) groups is 1. The van der Waals surface area contributed by atoms with Gasteiger partial charge in [0, 0.05) is 32.7 Å². The van der Waals surface area contributed by atoms with Crippen LogP contribution in [0, 0.1) is 13.8 Å². The standard InChI is InChI=1S/C16H25N3O/c1-11-5-6-14(12(2)9-11)13(3)19-8-7-18-10-15(19)16(20)17-4/h5-6,9,13,15,18H,7-8,10H2,1-4H3,(H,17,20). The second kappa shape index (κ2) is 6.37. The van der Waals surface area contributed by atoms with Crippen LogP contribution in [0.2, 0.25) is 0 Å². The monoisotopic (exact) mass is 275 g/mol. The van der Waals surface area contributed by atoms with Crippen LogP contribution in [0.1, 0.15) is 29.7 Å². The molecule has 2 rings (SSSR count). The smallest absolute Gasteiger partial charge is 0.238 e. The highest BCUT2D eigenvalue weighted by Gasteiger charge is 2.32. The highest BCUT2D eigenvalue weighted by Crippen LogP contribution is 2.26. The van der Waals surface area contributed by atoms with Crippen LogP contribution >= 0.6 is 0 Å². The second-order valence-corrected chi connectivity index (χ2v) is 5.61. The maximum Gasteiger partial charge on any atom is 0.238 e. The van der Waals surface area contributed by atoms with Gasteiger partial charge in [0.15, 0.2) is 0 Å². The van der Waals surface area contributed by atoms with Gasteiger partial charge in [-0.25, -0.2) is 0 Å². The molecular formula is C16H25N3O. The number of rotatable bonds is 3. The summed E-state index contributed by atoms with van der Waals surface area (Å²) in [5, 5.41) is 6.08. The summed E-state index contributed by atoms with van der Waals surface area (Å²) in [7, 11) is 1.71. The van der Waals surface area contributed by atoms with Gasteiger partial charge in [-0.3, -0.25) is 9.69 Å². The van der Waals surface area contributed by atoms with Crippen LogP contribution in [-0.2, 0) is 4.79 Å². The van der Waals surface area contributed by atoms with Gasteiger partial charge in [0.25, 0.3) is 0 Å². The number of amides is 1. The van der Waals surface area contributed by atoms with Crippen LogP contribution in [0.3, 0.4) is 0 Å². The molecule has 0 spiro atoms. The number of aryl methyl sites for hydroxylation is 2. The lowest BCUT2D eigenvalue weighted by Crippen LogP contribution is -2.57. The minimum atomic E-state index is -0.0931. The van der Waals surface area contributed by atoms with Crippen molar-refractivity contribution < 1.29 is 4.79 Å². The highest BCUT2D eigenvalue weighted by molar-refractivity contribution is 5.81. The third-order valence-corrected chi connectivity index (χ3v) is 4.21. The van der Waals surface area contributed by atoms with Crippen molar-refractivity contribution in [1.82, 2.24) is 15.5 Å². The Kier molecular flexibility index (Phi) is 4.78. The maximum atomic E-state index is 12.1. The van der Waals surface area contributed by atoms with Crippen molar-refractivity contribution in [3.05, 3.63) is 34.9 Å². The van der Waals surface area contributed by atoms with Crippen molar-refractivity contribution in [2.75, 3.05) is 26.7 Å². The average molecular weight is 275 g/mol. The minimum absolute atomic E-state index is 0.0915. The summed E-state index contributed by atoms with van der Waals surface area (Å²) in [6.45, 7) is 9.00. The van der Waals surface area contributed by atoms with E-state index in [1.54, 1.807) is 7.05 Å². The molecule has 1 saturated heterocycles. The molecule has 20 heavy (non-hydrogen) atoms. The third-order valence-electron chi connectivity index (χ3n) is 4.21. The lowest BCUT2D eigenvalue weighted by Gasteiger charge is -2.39. The number of nitrogens with one attached hydrogen (secondary N) is 2. The first kappa shape index (κ1) is 15.0. The summed E-state index contributed by atoms with van der Waals surface area (Å²) < 4.78 is 0. The summed E-state index contributed by atoms with van der Waals surface area (Å²) in [6, 6.07) is 6.71. The first-order valence-electron chi connectivity index (χ1n) is 7.29. The lowest BCUT2D eigenvalue weighted by molar-refractivity contribution is -0.127. The first-order chi connectivity index (χ1) is 9.54. The van der Waals surface area contributed by atoms with Gasteiger partial charge in [0.2, 0.25) is 5.91 Å². The molecule has 1 heterocycles. The molecule has 1 aromatic carbocycles. The largest absolute Gasteiger partial charge is 0.358 e. The van der Waals surface area contributed by atoms with E-state index < -0.39 is 0 Å². The van der Waals surface area contributed by atoms with Gasteiger partial charge >= 0.3 is 0 Å². The van der Waals surface area contributed by atoms with Gasteiger partial charge in [0.1, 0.15) is 6.04 Å². The molecule has 2 N–H and O–H groups in total. The summed E-state index contributed by atoms with van der Waals surface area (Å²) in [4.78, 5) is 14.4. The van der Waals surface area contributed by atoms with Gasteiger partial charge in [-0.15, -0.1) is 0 Å². The van der Waals surface area contributed by atoms with Crippen molar-refractivity contribution in [2.24, 2.45) is 0 Å². The minimum Gasteiger partial charge on any atom is -0.358 e. The van der Waals surface area contributed by atoms with Crippen LogP contribution in [0.25, 0.3) is 0 Å². The van der Waals surface area contributed by atoms with E-state index in [-0.39, 0.29) is 18.0 Å². The molecule has 0 bridgehead atoms. The number of nitrogens with zero attached hydrogens (tertiary/aromatic N) is 1. The topological polar surface area (TPSA) is 44.4 Å². The molecule has 0 aliphatic carbocycles. The number of piperazine rings is 1. The van der Waals surface area contributed by atoms with Crippen molar-refractivity contribution in [3.8, 4) is 0 Å². The van der Waals surface area contributed by atoms with Crippen molar-refractivity contribution in [1.29, 1.82) is 0 Å². The second-order valence-electron chi connectivity index (χ2n) is 5.61. The van der Waals surface area contributed by atoms with Gasteiger partial charge in [-0.2, -0.15) is 0 Å². The van der Waals surface area contributed by atoms with Crippen molar-refractivity contribution in [3.63, 3.8) is 0 Å². The summed E-state index contributed by atoms with van der Waals surface area (Å²) in [6.07, 6.45) is 0. The molecule has 4 nitrogen and oxygen atoms in total. The molecular weight excluding hydrogens is 250 g/mol. The Bertz CT molecular complexity index is 487. The molecule has 1 amide bonds. The van der Waals surface area contributed by atoms with E-state index in [0.29, 0.717) is 0 Å². The molecule has 1 aliphatic rings. The molecule has 0 saturated carbocycles. The zero-order valence-corrected chi connectivity index (χ0v) is 12.9. The van der Waals surface area contributed by atoms with Crippen LogP contribution < -0.4 is 10.6 Å². The third kappa shape index (κ3) is 3.02. The zero-order valence-electron chi connectivity index (χ0n) is 12.9. The quantitative estimate of drug-likeness (QED) is 0.876. The van der Waals surface area contributed by atoms with E-state index in [4.69, 9.17) is 0 Å². The number of likely N-dealkylation sites (N-methyl/N-ethyl adjacent to an activating group) is 1. The fraction of sp³-hybridized carbons (Fsp3) is 0.562. The van der Waals surface area contributed by atoms with Crippen LogP contribution in [-0.4, -0.2) is 43.5 Å². The van der Waals surface area contributed by atoms with E-state index in [1.807, 2.05) is 0 Å². The van der Waals surface area contributed by atoms with E-state index in [2.05, 4.69) is 54.5 Å². The Morgan fingerprint density at radius 3 is 2.85 bits per heavy atom. The lowest BCUT2D eigenvalue weighted by atomic mass is 9.97. The number of hydrogen-bond donors (Lipinski definition) is 2. The maximum absolute atomic E-state index is 12.1. The van der Waals surface area contributed by atoms with Crippen LogP contribution in [0.4, 0.5) is 0 Å². The molecule has 2 unspecified atom stereocenters. The van der Waals surface area contributed by atoms with Crippen LogP contribution in [0.15, 0.2) is 18.2 Å². The summed E-state index contributed by atoms with van der Waals surface area (Å²) in [5.74, 6) is 0.0915. The Morgan fingerprint density at radius 2 is 2.20 bits per heavy atom. The molecule has 1 aliphatic heterocycles. The van der Waals surface area contributed by atoms with E-state index in [1.165, 1.54) is 16.7 Å². The SMILES string of the molecule is CNC(=O)C1CNCCN1C(C)c1ccc(C)cc1C. The molecule has 0 radical (unpaired) electrons. The van der Waals surface area contributed by atoms with E-state index in [9.17, 15) is 4.79 Å². The molecule has 110 valence electrons. The number of hydrogen-bond acceptors (Lipinski definition) is 3. The Hall–Kier alpha value is -1.39. The van der Waals surface area contributed by atoms with E-state index in [0.717, 1.165) is 19.6 Å². The highest BCUT2D eigenvalue weighted by atomic mass is 16.2. The van der Waals surface area contributed by atoms with Crippen LogP contribution in [0.5, 0.6) is 0 Å². The molecule has 2 atom stereocenters. The normalized spacial score (nSPS) is 21.5. The number of benzene rings is 1. The molecule has 4 heteroatoms.